The van der Waals surface area contributed by atoms with Gasteiger partial charge in [-0.25, -0.2) is 0 Å². The average Bonchev–Trinajstić information content (AvgIpc) is 2.75. The van der Waals surface area contributed by atoms with E-state index >= 15 is 0 Å². The van der Waals surface area contributed by atoms with Gasteiger partial charge in [-0.05, 0) is 44.1 Å². The molecule has 0 bridgehead atoms. The molecule has 0 spiro atoms. The molecule has 0 fully saturated rings. The molecule has 2 rings (SSSR count). The lowest BCUT2D eigenvalue weighted by Gasteiger charge is -2.10. The number of thiophene rings is 1. The first kappa shape index (κ1) is 17.5. The summed E-state index contributed by atoms with van der Waals surface area (Å²) in [4.78, 5) is 35.3. The van der Waals surface area contributed by atoms with Crippen LogP contribution in [0.5, 0.6) is 0 Å². The Kier molecular flexibility index (Phi) is 6.15. The third-order valence-corrected chi connectivity index (χ3v) is 5.16. The molecule has 0 saturated heterocycles. The Hall–Kier alpha value is -1.89. The molecule has 0 saturated carbocycles. The van der Waals surface area contributed by atoms with E-state index in [0.717, 1.165) is 42.5 Å². The zero-order valence-electron chi connectivity index (χ0n) is 13.0. The summed E-state index contributed by atoms with van der Waals surface area (Å²) in [7, 11) is 0. The molecule has 6 nitrogen and oxygen atoms in total. The fraction of sp³-hybridized carbons (Fsp3) is 0.562. The van der Waals surface area contributed by atoms with Gasteiger partial charge in [-0.3, -0.25) is 9.59 Å². The second kappa shape index (κ2) is 8.10. The Morgan fingerprint density at radius 1 is 1.09 bits per heavy atom. The van der Waals surface area contributed by atoms with Crippen molar-refractivity contribution in [2.75, 3.05) is 5.32 Å². The molecule has 7 heteroatoms. The summed E-state index contributed by atoms with van der Waals surface area (Å²) in [6.07, 6.45) is 6.25. The molecule has 1 aromatic heterocycles. The van der Waals surface area contributed by atoms with Crippen LogP contribution in [0.25, 0.3) is 0 Å². The van der Waals surface area contributed by atoms with Crippen LogP contribution in [-0.2, 0) is 22.4 Å². The molecule has 23 heavy (non-hydrogen) atoms. The number of hydrogen-bond acceptors (Lipinski definition) is 5. The third-order valence-electron chi connectivity index (χ3n) is 3.96. The van der Waals surface area contributed by atoms with Gasteiger partial charge in [0.25, 0.3) is 5.91 Å². The van der Waals surface area contributed by atoms with Gasteiger partial charge in [-0.1, -0.05) is 12.8 Å². The maximum absolute atomic E-state index is 11.9. The van der Waals surface area contributed by atoms with Crippen molar-refractivity contribution in [3.8, 4) is 0 Å². The van der Waals surface area contributed by atoms with Crippen LogP contribution in [0.1, 0.15) is 65.7 Å². The number of amides is 2. The normalized spacial score (nSPS) is 14.4. The number of nitrogens with two attached hydrogens (primary N) is 1. The van der Waals surface area contributed by atoms with Crippen molar-refractivity contribution in [2.24, 2.45) is 5.73 Å². The lowest BCUT2D eigenvalue weighted by Crippen LogP contribution is -2.22. The Morgan fingerprint density at radius 2 is 1.78 bits per heavy atom. The van der Waals surface area contributed by atoms with Crippen molar-refractivity contribution < 1.29 is 19.5 Å². The predicted octanol–water partition coefficient (Wildman–Crippen LogP) is 1.36. The number of primary amides is 1. The SMILES string of the molecule is NC(=O)c1c(NC(=O)CCCC(=O)[O-])sc2c1CCCCCC2. The highest BCUT2D eigenvalue weighted by atomic mass is 32.1. The molecule has 0 aromatic carbocycles. The molecule has 0 atom stereocenters. The van der Waals surface area contributed by atoms with Gasteiger partial charge in [0.05, 0.1) is 5.56 Å². The van der Waals surface area contributed by atoms with Crippen LogP contribution < -0.4 is 16.2 Å². The summed E-state index contributed by atoms with van der Waals surface area (Å²) in [5.41, 5.74) is 6.93. The molecule has 126 valence electrons. The topological polar surface area (TPSA) is 112 Å². The standard InChI is InChI=1S/C16H22N2O4S/c17-15(22)14-10-6-3-1-2-4-7-11(10)23-16(14)18-12(19)8-5-9-13(20)21/h1-9H2,(H2,17,22)(H,18,19)(H,20,21)/p-1. The minimum Gasteiger partial charge on any atom is -0.550 e. The van der Waals surface area contributed by atoms with Gasteiger partial charge in [0.2, 0.25) is 5.91 Å². The molecule has 1 heterocycles. The van der Waals surface area contributed by atoms with Gasteiger partial charge in [-0.2, -0.15) is 0 Å². The van der Waals surface area contributed by atoms with E-state index in [1.54, 1.807) is 0 Å². The van der Waals surface area contributed by atoms with Gasteiger partial charge in [0.15, 0.2) is 0 Å². The van der Waals surface area contributed by atoms with Gasteiger partial charge in [-0.15, -0.1) is 11.3 Å². The number of hydrogen-bond donors (Lipinski definition) is 2. The van der Waals surface area contributed by atoms with Crippen LogP contribution in [-0.4, -0.2) is 17.8 Å². The first-order chi connectivity index (χ1) is 11.0. The highest BCUT2D eigenvalue weighted by Gasteiger charge is 2.23. The van der Waals surface area contributed by atoms with Crippen molar-refractivity contribution in [3.63, 3.8) is 0 Å². The minimum atomic E-state index is -1.17. The number of fused-ring (bicyclic) bond motifs is 1. The van der Waals surface area contributed by atoms with Gasteiger partial charge in [0, 0.05) is 17.3 Å². The first-order valence-corrected chi connectivity index (χ1v) is 8.74. The second-order valence-electron chi connectivity index (χ2n) is 5.76. The van der Waals surface area contributed by atoms with Gasteiger partial charge < -0.3 is 21.0 Å². The smallest absolute Gasteiger partial charge is 0.251 e. The van der Waals surface area contributed by atoms with E-state index in [9.17, 15) is 19.5 Å². The number of carbonyl (C=O) groups is 3. The molecule has 0 aliphatic heterocycles. The van der Waals surface area contributed by atoms with Crippen LogP contribution in [0, 0.1) is 0 Å². The molecule has 0 unspecified atom stereocenters. The highest BCUT2D eigenvalue weighted by Crippen LogP contribution is 2.36. The quantitative estimate of drug-likeness (QED) is 0.816. The Morgan fingerprint density at radius 3 is 2.43 bits per heavy atom. The molecular weight excluding hydrogens is 316 g/mol. The van der Waals surface area contributed by atoms with Crippen molar-refractivity contribution in [1.82, 2.24) is 0 Å². The molecular formula is C16H21N2O4S-. The molecule has 3 N–H and O–H groups in total. The zero-order chi connectivity index (χ0) is 16.8. The largest absolute Gasteiger partial charge is 0.550 e. The number of carboxylic acids is 1. The zero-order valence-corrected chi connectivity index (χ0v) is 13.8. The Labute approximate surface area is 139 Å². The van der Waals surface area contributed by atoms with E-state index in [-0.39, 0.29) is 25.2 Å². The highest BCUT2D eigenvalue weighted by molar-refractivity contribution is 7.17. The fourth-order valence-electron chi connectivity index (χ4n) is 2.85. The number of aliphatic carboxylic acids is 1. The van der Waals surface area contributed by atoms with E-state index in [0.29, 0.717) is 10.6 Å². The minimum absolute atomic E-state index is 0.0781. The third kappa shape index (κ3) is 4.79. The average molecular weight is 337 g/mol. The van der Waals surface area contributed by atoms with E-state index in [1.807, 2.05) is 0 Å². The lowest BCUT2D eigenvalue weighted by molar-refractivity contribution is -0.305. The van der Waals surface area contributed by atoms with Gasteiger partial charge >= 0.3 is 0 Å². The summed E-state index contributed by atoms with van der Waals surface area (Å²) in [6, 6.07) is 0. The maximum atomic E-state index is 11.9. The van der Waals surface area contributed by atoms with E-state index in [1.165, 1.54) is 17.8 Å². The number of rotatable bonds is 6. The van der Waals surface area contributed by atoms with Crippen LogP contribution in [0.15, 0.2) is 0 Å². The van der Waals surface area contributed by atoms with Crippen molar-refractivity contribution >= 4 is 34.1 Å². The van der Waals surface area contributed by atoms with Crippen LogP contribution >= 0.6 is 11.3 Å². The Bertz CT molecular complexity index is 609. The summed E-state index contributed by atoms with van der Waals surface area (Å²) in [6.45, 7) is 0. The molecule has 0 radical (unpaired) electrons. The summed E-state index contributed by atoms with van der Waals surface area (Å²) in [5.74, 6) is -1.99. The summed E-state index contributed by atoms with van der Waals surface area (Å²) in [5, 5.41) is 13.6. The van der Waals surface area contributed by atoms with Crippen molar-refractivity contribution in [3.05, 3.63) is 16.0 Å². The van der Waals surface area contributed by atoms with E-state index in [2.05, 4.69) is 5.32 Å². The van der Waals surface area contributed by atoms with Crippen LogP contribution in [0.3, 0.4) is 0 Å². The van der Waals surface area contributed by atoms with Gasteiger partial charge in [0.1, 0.15) is 5.00 Å². The number of aryl methyl sites for hydroxylation is 1. The number of anilines is 1. The summed E-state index contributed by atoms with van der Waals surface area (Å²) < 4.78 is 0. The maximum Gasteiger partial charge on any atom is 0.251 e. The number of carboxylic acid groups (broad SMARTS) is 1. The van der Waals surface area contributed by atoms with Crippen molar-refractivity contribution in [1.29, 1.82) is 0 Å². The van der Waals surface area contributed by atoms with Crippen LogP contribution in [0.2, 0.25) is 0 Å². The first-order valence-electron chi connectivity index (χ1n) is 7.93. The molecule has 1 aliphatic carbocycles. The predicted molar refractivity (Wildman–Crippen MR) is 86.2 cm³/mol. The molecule has 1 aliphatic rings. The monoisotopic (exact) mass is 337 g/mol. The van der Waals surface area contributed by atoms with E-state index < -0.39 is 11.9 Å². The van der Waals surface area contributed by atoms with E-state index in [4.69, 9.17) is 5.73 Å². The van der Waals surface area contributed by atoms with Crippen molar-refractivity contribution in [2.45, 2.75) is 57.8 Å². The molecule has 1 aromatic rings. The lowest BCUT2D eigenvalue weighted by atomic mass is 9.96. The fourth-order valence-corrected chi connectivity index (χ4v) is 4.16. The second-order valence-corrected chi connectivity index (χ2v) is 6.87. The Balaban J connectivity index is 2.14. The van der Waals surface area contributed by atoms with Crippen LogP contribution in [0.4, 0.5) is 5.00 Å². The summed E-state index contributed by atoms with van der Waals surface area (Å²) >= 11 is 1.42. The number of carbonyl (C=O) groups excluding carboxylic acids is 3. The molecule has 2 amide bonds. The number of nitrogens with one attached hydrogen (secondary N) is 1.